The number of carboxylic acid groups (broad SMARTS) is 1. The quantitative estimate of drug-likeness (QED) is 0.0368. The average Bonchev–Trinajstić information content (AvgIpc) is 3.45. The van der Waals surface area contributed by atoms with Crippen LogP contribution in [-0.2, 0) is 0 Å². The molecule has 17 heteroatoms. The van der Waals surface area contributed by atoms with Crippen LogP contribution >= 0.6 is 0 Å². The Morgan fingerprint density at radius 1 is 0.567 bits per heavy atom. The van der Waals surface area contributed by atoms with Gasteiger partial charge < -0.3 is 40.8 Å². The number of benzene rings is 2. The molecule has 60 heavy (non-hydrogen) atoms. The first-order chi connectivity index (χ1) is 29.3. The maximum Gasteiger partial charge on any atom is 0.338 e. The van der Waals surface area contributed by atoms with E-state index in [0.29, 0.717) is 51.5 Å². The molecule has 2 aromatic carbocycles. The number of H-pyrrole nitrogens is 1. The topological polar surface area (TPSA) is 213 Å². The van der Waals surface area contributed by atoms with E-state index in [0.717, 1.165) is 110 Å². The van der Waals surface area contributed by atoms with Gasteiger partial charge in [0.1, 0.15) is 5.84 Å². The number of amides is 1. The van der Waals surface area contributed by atoms with Gasteiger partial charge in [0.05, 0.1) is 33.2 Å². The van der Waals surface area contributed by atoms with Crippen molar-refractivity contribution in [2.75, 3.05) is 115 Å². The number of nitrogens with one attached hydrogen (secondary N) is 8. The van der Waals surface area contributed by atoms with Gasteiger partial charge in [0, 0.05) is 68.8 Å². The first-order valence-corrected chi connectivity index (χ1v) is 22.6. The number of hydrazine groups is 2. The number of hydrogen-bond acceptors (Lipinski definition) is 13. The van der Waals surface area contributed by atoms with Crippen LogP contribution in [0.4, 0.5) is 11.4 Å². The molecular formula is C43H66N12O5. The monoisotopic (exact) mass is 831 g/mol. The van der Waals surface area contributed by atoms with Crippen LogP contribution in [0, 0.1) is 5.41 Å². The summed E-state index contributed by atoms with van der Waals surface area (Å²) in [6.07, 6.45) is 13.7. The summed E-state index contributed by atoms with van der Waals surface area (Å²) in [5.74, 6) is -2.33. The lowest BCUT2D eigenvalue weighted by Gasteiger charge is -2.28. The van der Waals surface area contributed by atoms with Crippen molar-refractivity contribution in [1.82, 2.24) is 46.3 Å². The minimum atomic E-state index is -1.40. The standard InChI is InChI=1S/C43H66N12O5/c44-39(50-47-15-27-54-21-9-3-10-22-54)36-32-30-29-31(45-13-25-52-17-5-1-6-18-52)33(41(57)49-40(30)56)34(32)35(42(58)51-48-16-28-55-23-11-4-12-24-55)37(43(59)60)38(36)46-14-26-53-19-7-2-8-20-53/h29,45-48H,1-28H2,(H2,44,50)(H,51,58)(H,59,60)(H,49,56,57). The van der Waals surface area contributed by atoms with Crippen LogP contribution in [0.25, 0.3) is 21.5 Å². The molecule has 4 aliphatic heterocycles. The van der Waals surface area contributed by atoms with E-state index in [1.807, 2.05) is 0 Å². The van der Waals surface area contributed by atoms with Crippen molar-refractivity contribution in [2.45, 2.75) is 77.0 Å². The Kier molecular flexibility index (Phi) is 15.6. The Hall–Kier alpha value is -4.39. The third kappa shape index (κ3) is 10.7. The van der Waals surface area contributed by atoms with Crippen molar-refractivity contribution in [2.24, 2.45) is 0 Å². The number of carboxylic acids is 1. The van der Waals surface area contributed by atoms with Crippen LogP contribution in [0.3, 0.4) is 0 Å². The molecule has 9 N–H and O–H groups in total. The van der Waals surface area contributed by atoms with Gasteiger partial charge in [0.25, 0.3) is 17.0 Å². The molecule has 4 fully saturated rings. The number of carbonyl (C=O) groups is 2. The smallest absolute Gasteiger partial charge is 0.338 e. The molecule has 2 aromatic heterocycles. The van der Waals surface area contributed by atoms with Gasteiger partial charge >= 0.3 is 5.97 Å². The maximum atomic E-state index is 14.7. The second-order valence-corrected chi connectivity index (χ2v) is 17.0. The zero-order chi connectivity index (χ0) is 41.8. The van der Waals surface area contributed by atoms with Crippen molar-refractivity contribution < 1.29 is 14.7 Å². The molecular weight excluding hydrogens is 765 g/mol. The summed E-state index contributed by atoms with van der Waals surface area (Å²) in [4.78, 5) is 68.5. The number of aromatic amines is 1. The van der Waals surface area contributed by atoms with E-state index in [4.69, 9.17) is 0 Å². The molecule has 0 saturated carbocycles. The van der Waals surface area contributed by atoms with Gasteiger partial charge in [-0.2, -0.15) is 0 Å². The first kappa shape index (κ1) is 43.7. The van der Waals surface area contributed by atoms with Crippen LogP contribution in [-0.4, -0.2) is 152 Å². The highest BCUT2D eigenvalue weighted by Gasteiger charge is 2.33. The molecule has 0 atom stereocenters. The van der Waals surface area contributed by atoms with Gasteiger partial charge in [-0.05, 0) is 110 Å². The van der Waals surface area contributed by atoms with Crippen molar-refractivity contribution in [3.05, 3.63) is 43.5 Å². The van der Waals surface area contributed by atoms with Crippen molar-refractivity contribution in [1.29, 1.82) is 5.41 Å². The predicted octanol–water partition coefficient (Wildman–Crippen LogP) is 2.60. The summed E-state index contributed by atoms with van der Waals surface area (Å²) in [6.45, 7) is 12.3. The number of carbonyl (C=O) groups excluding carboxylic acids is 1. The molecule has 4 aromatic rings. The lowest BCUT2D eigenvalue weighted by Crippen LogP contribution is -2.44. The number of hydrogen-bond donors (Lipinski definition) is 9. The van der Waals surface area contributed by atoms with Crippen molar-refractivity contribution in [3.8, 4) is 0 Å². The minimum Gasteiger partial charge on any atom is -0.478 e. The number of rotatable bonds is 19. The van der Waals surface area contributed by atoms with Gasteiger partial charge in [0.15, 0.2) is 0 Å². The summed E-state index contributed by atoms with van der Waals surface area (Å²) >= 11 is 0. The lowest BCUT2D eigenvalue weighted by atomic mass is 9.87. The molecule has 0 unspecified atom stereocenters. The van der Waals surface area contributed by atoms with E-state index in [-0.39, 0.29) is 49.8 Å². The largest absolute Gasteiger partial charge is 0.478 e. The lowest BCUT2D eigenvalue weighted by molar-refractivity contribution is 0.0691. The van der Waals surface area contributed by atoms with E-state index >= 15 is 0 Å². The van der Waals surface area contributed by atoms with Crippen LogP contribution < -0.4 is 43.5 Å². The van der Waals surface area contributed by atoms with Gasteiger partial charge in [-0.3, -0.25) is 30.2 Å². The van der Waals surface area contributed by atoms with Crippen molar-refractivity contribution >= 4 is 50.6 Å². The molecule has 328 valence electrons. The number of anilines is 2. The summed E-state index contributed by atoms with van der Waals surface area (Å²) in [5, 5.41) is 27.7. The number of aromatic nitrogens is 1. The van der Waals surface area contributed by atoms with Gasteiger partial charge in [0.2, 0.25) is 0 Å². The fraction of sp³-hybridized carbons (Fsp3) is 0.651. The predicted molar refractivity (Wildman–Crippen MR) is 238 cm³/mol. The molecule has 0 radical (unpaired) electrons. The fourth-order valence-corrected chi connectivity index (χ4v) is 9.61. The highest BCUT2D eigenvalue weighted by atomic mass is 16.4. The molecule has 1 amide bonds. The van der Waals surface area contributed by atoms with Crippen LogP contribution in [0.2, 0.25) is 0 Å². The Morgan fingerprint density at radius 2 is 1.03 bits per heavy atom. The molecule has 6 heterocycles. The second-order valence-electron chi connectivity index (χ2n) is 17.0. The first-order valence-electron chi connectivity index (χ1n) is 22.6. The number of amidine groups is 1. The normalized spacial score (nSPS) is 18.8. The highest BCUT2D eigenvalue weighted by molar-refractivity contribution is 6.32. The average molecular weight is 831 g/mol. The highest BCUT2D eigenvalue weighted by Crippen LogP contribution is 2.41. The van der Waals surface area contributed by atoms with Gasteiger partial charge in [-0.25, -0.2) is 15.6 Å². The third-order valence-corrected chi connectivity index (χ3v) is 12.8. The van der Waals surface area contributed by atoms with E-state index in [2.05, 4.69) is 56.9 Å². The van der Waals surface area contributed by atoms with E-state index in [9.17, 15) is 29.7 Å². The Morgan fingerprint density at radius 3 is 1.53 bits per heavy atom. The Labute approximate surface area is 352 Å². The van der Waals surface area contributed by atoms with E-state index in [1.165, 1.54) is 25.7 Å². The van der Waals surface area contributed by atoms with Crippen LogP contribution in [0.5, 0.6) is 0 Å². The molecule has 4 aliphatic rings. The fourth-order valence-electron chi connectivity index (χ4n) is 9.61. The number of nitrogens with zero attached hydrogens (tertiary/aromatic N) is 4. The van der Waals surface area contributed by atoms with Crippen LogP contribution in [0.1, 0.15) is 103 Å². The third-order valence-electron chi connectivity index (χ3n) is 12.8. The summed E-state index contributed by atoms with van der Waals surface area (Å²) < 4.78 is 0. The van der Waals surface area contributed by atoms with Gasteiger partial charge in [-0.15, -0.1) is 0 Å². The molecule has 17 nitrogen and oxygen atoms in total. The zero-order valence-electron chi connectivity index (χ0n) is 35.2. The number of likely N-dealkylation sites (tertiary alicyclic amines) is 4. The SMILES string of the molecule is N=C(NNCCN1CCCCC1)c1c(NCCN2CCCCC2)c(C(=O)O)c(C(=O)NNCCN2CCCCC2)c2c3c(NCCN4CCCCC4)cc(c(=O)[nH]c3=O)c12. The molecule has 0 aliphatic carbocycles. The van der Waals surface area contributed by atoms with Crippen molar-refractivity contribution in [3.63, 3.8) is 0 Å². The van der Waals surface area contributed by atoms with Crippen LogP contribution in [0.15, 0.2) is 15.7 Å². The number of aromatic carboxylic acids is 1. The summed E-state index contributed by atoms with van der Waals surface area (Å²) in [7, 11) is 0. The molecule has 8 rings (SSSR count). The van der Waals surface area contributed by atoms with E-state index in [1.54, 1.807) is 6.07 Å². The number of fused-ring (bicyclic) bond motifs is 3. The van der Waals surface area contributed by atoms with E-state index < -0.39 is 23.0 Å². The second kappa shape index (κ2) is 21.4. The Bertz CT molecular complexity index is 2050. The summed E-state index contributed by atoms with van der Waals surface area (Å²) in [5.41, 5.74) is 10.4. The zero-order valence-corrected chi connectivity index (χ0v) is 35.2. The minimum absolute atomic E-state index is 0.00816. The summed E-state index contributed by atoms with van der Waals surface area (Å²) in [6, 6.07) is 1.62. The maximum absolute atomic E-state index is 14.7. The molecule has 0 spiro atoms. The Balaban J connectivity index is 1.32. The molecule has 2 bridgehead atoms. The van der Waals surface area contributed by atoms with Gasteiger partial charge in [-0.1, -0.05) is 25.7 Å². The molecule has 4 saturated heterocycles. The number of piperidine rings is 4.